The lowest BCUT2D eigenvalue weighted by Crippen LogP contribution is -2.45. The quantitative estimate of drug-likeness (QED) is 0.834. The summed E-state index contributed by atoms with van der Waals surface area (Å²) in [4.78, 5) is 0. The predicted octanol–water partition coefficient (Wildman–Crippen LogP) is 2.62. The monoisotopic (exact) mass is 232 g/mol. The molecule has 1 aromatic rings. The van der Waals surface area contributed by atoms with Crippen LogP contribution in [0.3, 0.4) is 0 Å². The van der Waals surface area contributed by atoms with Crippen molar-refractivity contribution in [2.24, 2.45) is 0 Å². The van der Waals surface area contributed by atoms with Gasteiger partial charge in [0.1, 0.15) is 0 Å². The van der Waals surface area contributed by atoms with Gasteiger partial charge < -0.3 is 10.6 Å². The van der Waals surface area contributed by atoms with E-state index in [4.69, 9.17) is 0 Å². The standard InChI is InChI=1S/C15H24N2/c1-12-6-8-14(9-7-12)10-16-11-15-5-3-4-13(2)17-15/h6-9,13,15-17H,3-5,10-11H2,1-2H3. The van der Waals surface area contributed by atoms with Crippen LogP contribution in [0.4, 0.5) is 0 Å². The largest absolute Gasteiger partial charge is 0.311 e. The Morgan fingerprint density at radius 1 is 1.24 bits per heavy atom. The van der Waals surface area contributed by atoms with E-state index in [0.29, 0.717) is 12.1 Å². The predicted molar refractivity (Wildman–Crippen MR) is 73.1 cm³/mol. The fourth-order valence-electron chi connectivity index (χ4n) is 2.50. The molecule has 0 spiro atoms. The molecule has 1 aliphatic heterocycles. The summed E-state index contributed by atoms with van der Waals surface area (Å²) in [5, 5.41) is 7.20. The van der Waals surface area contributed by atoms with E-state index in [1.807, 2.05) is 0 Å². The van der Waals surface area contributed by atoms with Crippen molar-refractivity contribution in [1.29, 1.82) is 0 Å². The van der Waals surface area contributed by atoms with Crippen LogP contribution < -0.4 is 10.6 Å². The number of hydrogen-bond donors (Lipinski definition) is 2. The Morgan fingerprint density at radius 2 is 2.00 bits per heavy atom. The summed E-state index contributed by atoms with van der Waals surface area (Å²) in [6.07, 6.45) is 4.00. The van der Waals surface area contributed by atoms with Crippen molar-refractivity contribution in [3.8, 4) is 0 Å². The second-order valence-electron chi connectivity index (χ2n) is 5.31. The summed E-state index contributed by atoms with van der Waals surface area (Å²) in [5.41, 5.74) is 2.70. The Hall–Kier alpha value is -0.860. The Bertz CT molecular complexity index is 331. The van der Waals surface area contributed by atoms with Crippen LogP contribution in [0.1, 0.15) is 37.3 Å². The number of aryl methyl sites for hydroxylation is 1. The van der Waals surface area contributed by atoms with Crippen molar-refractivity contribution >= 4 is 0 Å². The molecule has 0 radical (unpaired) electrons. The van der Waals surface area contributed by atoms with E-state index in [1.54, 1.807) is 0 Å². The molecule has 0 aliphatic carbocycles. The lowest BCUT2D eigenvalue weighted by molar-refractivity contribution is 0.324. The highest BCUT2D eigenvalue weighted by Crippen LogP contribution is 2.11. The normalized spacial score (nSPS) is 24.8. The molecule has 2 atom stereocenters. The lowest BCUT2D eigenvalue weighted by Gasteiger charge is -2.29. The third kappa shape index (κ3) is 4.14. The average Bonchev–Trinajstić information content (AvgIpc) is 2.32. The molecular weight excluding hydrogens is 208 g/mol. The molecule has 0 bridgehead atoms. The Kier molecular flexibility index (Phi) is 4.57. The maximum Gasteiger partial charge on any atom is 0.0206 e. The van der Waals surface area contributed by atoms with Gasteiger partial charge >= 0.3 is 0 Å². The molecule has 2 N–H and O–H groups in total. The molecule has 0 aromatic heterocycles. The molecule has 1 fully saturated rings. The number of rotatable bonds is 4. The zero-order chi connectivity index (χ0) is 12.1. The van der Waals surface area contributed by atoms with Crippen LogP contribution in [0, 0.1) is 6.92 Å². The van der Waals surface area contributed by atoms with Crippen LogP contribution in [-0.4, -0.2) is 18.6 Å². The second-order valence-corrected chi connectivity index (χ2v) is 5.31. The number of nitrogens with one attached hydrogen (secondary N) is 2. The van der Waals surface area contributed by atoms with Gasteiger partial charge in [-0.3, -0.25) is 0 Å². The molecule has 17 heavy (non-hydrogen) atoms. The molecule has 94 valence electrons. The van der Waals surface area contributed by atoms with Gasteiger partial charge in [0.2, 0.25) is 0 Å². The molecule has 0 saturated carbocycles. The first-order valence-electron chi connectivity index (χ1n) is 6.76. The van der Waals surface area contributed by atoms with Gasteiger partial charge in [0.05, 0.1) is 0 Å². The van der Waals surface area contributed by atoms with E-state index < -0.39 is 0 Å². The Morgan fingerprint density at radius 3 is 2.71 bits per heavy atom. The van der Waals surface area contributed by atoms with Crippen molar-refractivity contribution in [2.45, 2.75) is 51.7 Å². The smallest absolute Gasteiger partial charge is 0.0206 e. The highest BCUT2D eigenvalue weighted by Gasteiger charge is 2.16. The summed E-state index contributed by atoms with van der Waals surface area (Å²) in [6, 6.07) is 10.1. The summed E-state index contributed by atoms with van der Waals surface area (Å²) >= 11 is 0. The zero-order valence-corrected chi connectivity index (χ0v) is 11.0. The van der Waals surface area contributed by atoms with Gasteiger partial charge in [-0.2, -0.15) is 0 Å². The summed E-state index contributed by atoms with van der Waals surface area (Å²) < 4.78 is 0. The first kappa shape index (κ1) is 12.6. The zero-order valence-electron chi connectivity index (χ0n) is 11.0. The molecule has 1 heterocycles. The molecule has 0 amide bonds. The van der Waals surface area contributed by atoms with E-state index in [2.05, 4.69) is 48.7 Å². The summed E-state index contributed by atoms with van der Waals surface area (Å²) in [6.45, 7) is 6.47. The summed E-state index contributed by atoms with van der Waals surface area (Å²) in [7, 11) is 0. The minimum absolute atomic E-state index is 0.657. The molecule has 1 saturated heterocycles. The van der Waals surface area contributed by atoms with Crippen LogP contribution >= 0.6 is 0 Å². The molecule has 1 aliphatic rings. The first-order valence-corrected chi connectivity index (χ1v) is 6.76. The SMILES string of the molecule is Cc1ccc(CNCC2CCCC(C)N2)cc1. The van der Waals surface area contributed by atoms with Crippen molar-refractivity contribution in [1.82, 2.24) is 10.6 Å². The minimum atomic E-state index is 0.657. The minimum Gasteiger partial charge on any atom is -0.311 e. The molecule has 1 aromatic carbocycles. The van der Waals surface area contributed by atoms with E-state index in [-0.39, 0.29) is 0 Å². The van der Waals surface area contributed by atoms with Crippen molar-refractivity contribution < 1.29 is 0 Å². The number of benzene rings is 1. The van der Waals surface area contributed by atoms with Gasteiger partial charge in [-0.15, -0.1) is 0 Å². The molecule has 2 heteroatoms. The third-order valence-electron chi connectivity index (χ3n) is 3.55. The fraction of sp³-hybridized carbons (Fsp3) is 0.600. The van der Waals surface area contributed by atoms with Crippen LogP contribution in [0.2, 0.25) is 0 Å². The highest BCUT2D eigenvalue weighted by molar-refractivity contribution is 5.21. The first-order chi connectivity index (χ1) is 8.24. The van der Waals surface area contributed by atoms with E-state index in [0.717, 1.165) is 13.1 Å². The van der Waals surface area contributed by atoms with Crippen LogP contribution in [0.5, 0.6) is 0 Å². The van der Waals surface area contributed by atoms with Gasteiger partial charge in [-0.25, -0.2) is 0 Å². The fourth-order valence-corrected chi connectivity index (χ4v) is 2.50. The van der Waals surface area contributed by atoms with Gasteiger partial charge in [0, 0.05) is 25.2 Å². The van der Waals surface area contributed by atoms with Crippen molar-refractivity contribution in [3.05, 3.63) is 35.4 Å². The van der Waals surface area contributed by atoms with E-state index in [9.17, 15) is 0 Å². The van der Waals surface area contributed by atoms with Crippen LogP contribution in [-0.2, 0) is 6.54 Å². The van der Waals surface area contributed by atoms with E-state index >= 15 is 0 Å². The van der Waals surface area contributed by atoms with Crippen LogP contribution in [0.15, 0.2) is 24.3 Å². The van der Waals surface area contributed by atoms with Crippen molar-refractivity contribution in [2.75, 3.05) is 6.54 Å². The third-order valence-corrected chi connectivity index (χ3v) is 3.55. The van der Waals surface area contributed by atoms with Crippen molar-refractivity contribution in [3.63, 3.8) is 0 Å². The summed E-state index contributed by atoms with van der Waals surface area (Å²) in [5.74, 6) is 0. The van der Waals surface area contributed by atoms with Gasteiger partial charge in [0.25, 0.3) is 0 Å². The maximum atomic E-state index is 3.65. The van der Waals surface area contributed by atoms with E-state index in [1.165, 1.54) is 30.4 Å². The van der Waals surface area contributed by atoms with Gasteiger partial charge in [0.15, 0.2) is 0 Å². The lowest BCUT2D eigenvalue weighted by atomic mass is 9.99. The molecule has 2 rings (SSSR count). The molecular formula is C15H24N2. The molecule has 2 unspecified atom stereocenters. The average molecular weight is 232 g/mol. The highest BCUT2D eigenvalue weighted by atomic mass is 15.0. The maximum absolute atomic E-state index is 3.65. The Labute approximate surface area is 105 Å². The number of piperidine rings is 1. The number of hydrogen-bond acceptors (Lipinski definition) is 2. The van der Waals surface area contributed by atoms with Gasteiger partial charge in [-0.05, 0) is 32.3 Å². The topological polar surface area (TPSA) is 24.1 Å². The molecule has 2 nitrogen and oxygen atoms in total. The second kappa shape index (κ2) is 6.18. The van der Waals surface area contributed by atoms with Crippen LogP contribution in [0.25, 0.3) is 0 Å². The Balaban J connectivity index is 1.70. The van der Waals surface area contributed by atoms with Gasteiger partial charge in [-0.1, -0.05) is 36.2 Å².